The minimum Gasteiger partial charge on any atom is -0.497 e. The van der Waals surface area contributed by atoms with Gasteiger partial charge >= 0.3 is 0 Å². The third-order valence-electron chi connectivity index (χ3n) is 9.38. The molecule has 6 nitrogen and oxygen atoms in total. The number of ether oxygens (including phenoxy) is 1. The van der Waals surface area contributed by atoms with E-state index >= 15 is 0 Å². The molecule has 0 atom stereocenters. The SMILES string of the molecule is COc1cccc(-c2cccc(-c3nc4c(s3)CN(c3ccc(-c5cccc(-c6nc7c(o6)CCNC7)c5C)cc3)CC4)c2C)c1. The Morgan fingerprint density at radius 2 is 1.52 bits per heavy atom. The summed E-state index contributed by atoms with van der Waals surface area (Å²) in [5.41, 5.74) is 13.0. The lowest BCUT2D eigenvalue weighted by atomic mass is 9.96. The van der Waals surface area contributed by atoms with Gasteiger partial charge in [0.2, 0.25) is 5.89 Å². The summed E-state index contributed by atoms with van der Waals surface area (Å²) in [7, 11) is 1.71. The number of thiazole rings is 1. The number of methoxy groups -OCH3 is 1. The zero-order valence-corrected chi connectivity index (χ0v) is 27.2. The lowest BCUT2D eigenvalue weighted by Crippen LogP contribution is -2.29. The molecule has 0 saturated carbocycles. The maximum atomic E-state index is 6.20. The third kappa shape index (κ3) is 5.19. The van der Waals surface area contributed by atoms with E-state index in [1.165, 1.54) is 49.6 Å². The number of nitrogens with zero attached hydrogens (tertiary/aromatic N) is 3. The molecular formula is C39H36N4O2S. The average molecular weight is 625 g/mol. The molecule has 6 aromatic rings. The Morgan fingerprint density at radius 3 is 2.33 bits per heavy atom. The monoisotopic (exact) mass is 624 g/mol. The Balaban J connectivity index is 1.02. The molecule has 4 heterocycles. The summed E-state index contributed by atoms with van der Waals surface area (Å²) < 4.78 is 11.7. The largest absolute Gasteiger partial charge is 0.497 e. The van der Waals surface area contributed by atoms with Crippen molar-refractivity contribution in [2.24, 2.45) is 0 Å². The van der Waals surface area contributed by atoms with Crippen LogP contribution >= 0.6 is 11.3 Å². The molecule has 2 aromatic heterocycles. The number of hydrogen-bond donors (Lipinski definition) is 1. The second kappa shape index (κ2) is 11.9. The highest BCUT2D eigenvalue weighted by molar-refractivity contribution is 7.15. The molecular weight excluding hydrogens is 589 g/mol. The Morgan fingerprint density at radius 1 is 0.783 bits per heavy atom. The topological polar surface area (TPSA) is 63.4 Å². The molecule has 0 spiro atoms. The standard InChI is InChI=1S/C39H36N4O2S/c1-24-30(9-5-11-32(24)38-41-35-22-40-19-17-36(35)45-38)26-13-15-28(16-14-26)43-20-18-34-37(23-43)46-39(42-34)33-12-6-10-31(25(33)2)27-7-4-8-29(21-27)44-3/h4-16,21,40H,17-20,22-23H2,1-3H3. The summed E-state index contributed by atoms with van der Waals surface area (Å²) in [4.78, 5) is 13.8. The molecule has 2 aliphatic rings. The Kier molecular flexibility index (Phi) is 7.43. The number of nitrogens with one attached hydrogen (secondary N) is 1. The number of oxazole rings is 1. The summed E-state index contributed by atoms with van der Waals surface area (Å²) >= 11 is 1.83. The van der Waals surface area contributed by atoms with Crippen LogP contribution in [0.3, 0.4) is 0 Å². The highest BCUT2D eigenvalue weighted by Gasteiger charge is 2.23. The maximum Gasteiger partial charge on any atom is 0.226 e. The quantitative estimate of drug-likeness (QED) is 0.200. The van der Waals surface area contributed by atoms with Crippen LogP contribution in [0.1, 0.15) is 33.2 Å². The van der Waals surface area contributed by atoms with Crippen molar-refractivity contribution in [1.29, 1.82) is 0 Å². The number of benzene rings is 4. The molecule has 2 aliphatic heterocycles. The van der Waals surface area contributed by atoms with E-state index in [9.17, 15) is 0 Å². The molecule has 0 radical (unpaired) electrons. The highest BCUT2D eigenvalue weighted by Crippen LogP contribution is 2.39. The van der Waals surface area contributed by atoms with Crippen LogP contribution in [0.2, 0.25) is 0 Å². The fourth-order valence-electron chi connectivity index (χ4n) is 6.77. The lowest BCUT2D eigenvalue weighted by molar-refractivity contribution is 0.415. The summed E-state index contributed by atoms with van der Waals surface area (Å²) in [5.74, 6) is 2.60. The van der Waals surface area contributed by atoms with Gasteiger partial charge in [0.25, 0.3) is 0 Å². The fourth-order valence-corrected chi connectivity index (χ4v) is 7.98. The van der Waals surface area contributed by atoms with Gasteiger partial charge in [-0.05, 0) is 77.6 Å². The zero-order valence-electron chi connectivity index (χ0n) is 26.4. The molecule has 230 valence electrons. The van der Waals surface area contributed by atoms with Gasteiger partial charge in [0.05, 0.1) is 25.0 Å². The molecule has 8 rings (SSSR count). The molecule has 7 heteroatoms. The van der Waals surface area contributed by atoms with Gasteiger partial charge in [-0.2, -0.15) is 0 Å². The van der Waals surface area contributed by atoms with Gasteiger partial charge in [-0.15, -0.1) is 11.3 Å². The first kappa shape index (κ1) is 28.7. The molecule has 46 heavy (non-hydrogen) atoms. The van der Waals surface area contributed by atoms with Gasteiger partial charge < -0.3 is 19.4 Å². The van der Waals surface area contributed by atoms with Gasteiger partial charge in [0, 0.05) is 54.2 Å². The van der Waals surface area contributed by atoms with Crippen molar-refractivity contribution in [1.82, 2.24) is 15.3 Å². The van der Waals surface area contributed by atoms with Crippen molar-refractivity contribution in [3.05, 3.63) is 118 Å². The summed E-state index contributed by atoms with van der Waals surface area (Å²) in [6.45, 7) is 7.91. The minimum atomic E-state index is 0.722. The lowest BCUT2D eigenvalue weighted by Gasteiger charge is -2.28. The van der Waals surface area contributed by atoms with Gasteiger partial charge in [-0.25, -0.2) is 9.97 Å². The van der Waals surface area contributed by atoms with E-state index in [0.717, 1.165) is 78.2 Å². The predicted octanol–water partition coefficient (Wildman–Crippen LogP) is 8.63. The van der Waals surface area contributed by atoms with E-state index in [1.807, 2.05) is 23.5 Å². The number of aromatic nitrogens is 2. The fraction of sp³-hybridized carbons (Fsp3) is 0.231. The van der Waals surface area contributed by atoms with Crippen molar-refractivity contribution < 1.29 is 9.15 Å². The zero-order chi connectivity index (χ0) is 31.2. The molecule has 0 unspecified atom stereocenters. The van der Waals surface area contributed by atoms with Crippen molar-refractivity contribution in [3.63, 3.8) is 0 Å². The van der Waals surface area contributed by atoms with E-state index in [2.05, 4.69) is 96.9 Å². The van der Waals surface area contributed by atoms with E-state index < -0.39 is 0 Å². The maximum absolute atomic E-state index is 6.20. The van der Waals surface area contributed by atoms with E-state index in [1.54, 1.807) is 7.11 Å². The second-order valence-corrected chi connectivity index (χ2v) is 13.2. The normalized spacial score (nSPS) is 14.2. The van der Waals surface area contributed by atoms with Crippen molar-refractivity contribution >= 4 is 17.0 Å². The van der Waals surface area contributed by atoms with Crippen LogP contribution in [0.25, 0.3) is 44.3 Å². The van der Waals surface area contributed by atoms with Crippen LogP contribution in [-0.2, 0) is 25.9 Å². The van der Waals surface area contributed by atoms with Crippen LogP contribution in [0.5, 0.6) is 5.75 Å². The number of anilines is 1. The summed E-state index contributed by atoms with van der Waals surface area (Å²) in [5, 5.41) is 4.48. The van der Waals surface area contributed by atoms with E-state index in [4.69, 9.17) is 19.1 Å². The van der Waals surface area contributed by atoms with E-state index in [-0.39, 0.29) is 0 Å². The third-order valence-corrected chi connectivity index (χ3v) is 10.5. The average Bonchev–Trinajstić information content (AvgIpc) is 3.73. The molecule has 0 aliphatic carbocycles. The molecule has 0 bridgehead atoms. The Hall–Kier alpha value is -4.72. The molecule has 0 saturated heterocycles. The molecule has 0 fully saturated rings. The second-order valence-electron chi connectivity index (χ2n) is 12.1. The van der Waals surface area contributed by atoms with Gasteiger partial charge in [-0.3, -0.25) is 0 Å². The highest BCUT2D eigenvalue weighted by atomic mass is 32.1. The number of hydrogen-bond acceptors (Lipinski definition) is 7. The van der Waals surface area contributed by atoms with Crippen LogP contribution in [0.15, 0.2) is 89.3 Å². The van der Waals surface area contributed by atoms with Gasteiger partial charge in [0.15, 0.2) is 0 Å². The first-order valence-corrected chi connectivity index (χ1v) is 16.7. The van der Waals surface area contributed by atoms with Crippen molar-refractivity contribution in [3.8, 4) is 50.0 Å². The predicted molar refractivity (Wildman–Crippen MR) is 187 cm³/mol. The number of rotatable bonds is 6. The van der Waals surface area contributed by atoms with Crippen molar-refractivity contribution in [2.45, 2.75) is 39.8 Å². The summed E-state index contributed by atoms with van der Waals surface area (Å²) in [6.07, 6.45) is 1.83. The van der Waals surface area contributed by atoms with Gasteiger partial charge in [-0.1, -0.05) is 54.6 Å². The van der Waals surface area contributed by atoms with Crippen molar-refractivity contribution in [2.75, 3.05) is 25.1 Å². The smallest absolute Gasteiger partial charge is 0.226 e. The first-order chi connectivity index (χ1) is 22.6. The van der Waals surface area contributed by atoms with Crippen LogP contribution in [0, 0.1) is 13.8 Å². The van der Waals surface area contributed by atoms with Crippen LogP contribution in [0.4, 0.5) is 5.69 Å². The molecule has 0 amide bonds. The molecule has 4 aromatic carbocycles. The van der Waals surface area contributed by atoms with Crippen LogP contribution < -0.4 is 15.0 Å². The number of fused-ring (bicyclic) bond motifs is 2. The first-order valence-electron chi connectivity index (χ1n) is 15.9. The summed E-state index contributed by atoms with van der Waals surface area (Å²) in [6, 6.07) is 30.2. The molecule has 1 N–H and O–H groups in total. The van der Waals surface area contributed by atoms with Gasteiger partial charge in [0.1, 0.15) is 16.5 Å². The Labute approximate surface area is 273 Å². The van der Waals surface area contributed by atoms with E-state index in [0.29, 0.717) is 0 Å². The minimum absolute atomic E-state index is 0.722. The van der Waals surface area contributed by atoms with Crippen LogP contribution in [-0.4, -0.2) is 30.2 Å². The Bertz CT molecular complexity index is 2040.